The second-order valence-electron chi connectivity index (χ2n) is 6.69. The first-order chi connectivity index (χ1) is 10.5. The Morgan fingerprint density at radius 2 is 2.27 bits per heavy atom. The molecule has 6 heteroatoms. The molecule has 0 bridgehead atoms. The van der Waals surface area contributed by atoms with Crippen molar-refractivity contribution in [3.63, 3.8) is 0 Å². The standard InChI is InChI=1S/C16H24N2O3S/c1-10-9-22-15(20)18(10)8-5-12(19)17-13-11(2)14(21-3)16(13)6-4-7-16/h9,11,13-14H,4-8H2,1-3H3,(H,17,19). The Hall–Kier alpha value is -1.14. The van der Waals surface area contributed by atoms with Crippen LogP contribution in [0.2, 0.25) is 0 Å². The highest BCUT2D eigenvalue weighted by atomic mass is 32.1. The molecule has 1 amide bonds. The summed E-state index contributed by atoms with van der Waals surface area (Å²) in [5.74, 6) is 0.398. The van der Waals surface area contributed by atoms with Crippen LogP contribution >= 0.6 is 11.3 Å². The number of amides is 1. The molecular weight excluding hydrogens is 300 g/mol. The van der Waals surface area contributed by atoms with E-state index in [1.807, 2.05) is 12.3 Å². The van der Waals surface area contributed by atoms with Crippen LogP contribution in [0.1, 0.15) is 38.3 Å². The molecule has 22 heavy (non-hydrogen) atoms. The number of methoxy groups -OCH3 is 1. The van der Waals surface area contributed by atoms with Crippen molar-refractivity contribution >= 4 is 17.2 Å². The molecule has 0 aromatic carbocycles. The van der Waals surface area contributed by atoms with Crippen LogP contribution in [0.25, 0.3) is 0 Å². The van der Waals surface area contributed by atoms with Gasteiger partial charge in [-0.1, -0.05) is 24.7 Å². The minimum atomic E-state index is 0.0113. The molecule has 0 aliphatic heterocycles. The Balaban J connectivity index is 1.57. The highest BCUT2D eigenvalue weighted by molar-refractivity contribution is 7.07. The summed E-state index contributed by atoms with van der Waals surface area (Å²) in [6, 6.07) is 0.221. The van der Waals surface area contributed by atoms with Crippen LogP contribution in [0.5, 0.6) is 0 Å². The fraction of sp³-hybridized carbons (Fsp3) is 0.750. The summed E-state index contributed by atoms with van der Waals surface area (Å²) in [7, 11) is 1.77. The van der Waals surface area contributed by atoms with Crippen LogP contribution < -0.4 is 10.2 Å². The van der Waals surface area contributed by atoms with Crippen molar-refractivity contribution in [2.75, 3.05) is 7.11 Å². The monoisotopic (exact) mass is 324 g/mol. The number of aromatic nitrogens is 1. The second kappa shape index (κ2) is 5.81. The maximum absolute atomic E-state index is 12.3. The van der Waals surface area contributed by atoms with Crippen LogP contribution in [0.15, 0.2) is 10.2 Å². The van der Waals surface area contributed by atoms with Gasteiger partial charge in [-0.2, -0.15) is 0 Å². The van der Waals surface area contributed by atoms with Gasteiger partial charge in [0, 0.05) is 48.5 Å². The normalized spacial score (nSPS) is 29.0. The van der Waals surface area contributed by atoms with Crippen molar-refractivity contribution in [3.8, 4) is 0 Å². The Labute approximate surface area is 134 Å². The van der Waals surface area contributed by atoms with E-state index in [4.69, 9.17) is 4.74 Å². The summed E-state index contributed by atoms with van der Waals surface area (Å²) in [5.41, 5.74) is 1.09. The zero-order valence-electron chi connectivity index (χ0n) is 13.4. The van der Waals surface area contributed by atoms with Crippen molar-refractivity contribution in [1.82, 2.24) is 9.88 Å². The van der Waals surface area contributed by atoms with Crippen LogP contribution in [0, 0.1) is 18.3 Å². The van der Waals surface area contributed by atoms with E-state index in [-0.39, 0.29) is 28.3 Å². The highest BCUT2D eigenvalue weighted by Crippen LogP contribution is 2.59. The molecule has 3 unspecified atom stereocenters. The molecule has 0 radical (unpaired) electrons. The number of hydrogen-bond donors (Lipinski definition) is 1. The molecule has 1 aromatic rings. The minimum Gasteiger partial charge on any atom is -0.380 e. The molecule has 2 saturated carbocycles. The largest absolute Gasteiger partial charge is 0.380 e. The van der Waals surface area contributed by atoms with E-state index >= 15 is 0 Å². The van der Waals surface area contributed by atoms with Gasteiger partial charge in [0.15, 0.2) is 0 Å². The van der Waals surface area contributed by atoms with Gasteiger partial charge < -0.3 is 14.6 Å². The topological polar surface area (TPSA) is 60.3 Å². The van der Waals surface area contributed by atoms with Gasteiger partial charge in [-0.15, -0.1) is 0 Å². The van der Waals surface area contributed by atoms with Gasteiger partial charge in [-0.05, 0) is 19.8 Å². The van der Waals surface area contributed by atoms with Gasteiger partial charge in [0.1, 0.15) is 0 Å². The fourth-order valence-corrected chi connectivity index (χ4v) is 5.08. The summed E-state index contributed by atoms with van der Waals surface area (Å²) in [6.07, 6.45) is 4.14. The maximum Gasteiger partial charge on any atom is 0.307 e. The molecule has 2 aliphatic rings. The van der Waals surface area contributed by atoms with Crippen molar-refractivity contribution in [2.24, 2.45) is 11.3 Å². The van der Waals surface area contributed by atoms with Crippen molar-refractivity contribution in [3.05, 3.63) is 20.7 Å². The molecular formula is C16H24N2O3S. The molecule has 3 rings (SSSR count). The third-order valence-electron chi connectivity index (χ3n) is 5.58. The number of hydrogen-bond acceptors (Lipinski definition) is 4. The molecule has 122 valence electrons. The van der Waals surface area contributed by atoms with Gasteiger partial charge in [-0.25, -0.2) is 0 Å². The fourth-order valence-electron chi connectivity index (χ4n) is 4.32. The number of thiazole rings is 1. The van der Waals surface area contributed by atoms with Gasteiger partial charge in [0.05, 0.1) is 6.10 Å². The van der Waals surface area contributed by atoms with Crippen molar-refractivity contribution in [2.45, 2.75) is 58.2 Å². The zero-order chi connectivity index (χ0) is 15.9. The van der Waals surface area contributed by atoms with Crippen molar-refractivity contribution in [1.29, 1.82) is 0 Å². The average molecular weight is 324 g/mol. The van der Waals surface area contributed by atoms with Crippen LogP contribution in [-0.2, 0) is 16.1 Å². The third kappa shape index (κ3) is 2.33. The van der Waals surface area contributed by atoms with E-state index < -0.39 is 0 Å². The third-order valence-corrected chi connectivity index (χ3v) is 6.46. The van der Waals surface area contributed by atoms with Crippen LogP contribution in [0.4, 0.5) is 0 Å². The van der Waals surface area contributed by atoms with Gasteiger partial charge in [0.25, 0.3) is 0 Å². The summed E-state index contributed by atoms with van der Waals surface area (Å²) >= 11 is 1.19. The number of carbonyl (C=O) groups is 1. The van der Waals surface area contributed by atoms with Gasteiger partial charge in [0.2, 0.25) is 5.91 Å². The molecule has 5 nitrogen and oxygen atoms in total. The quantitative estimate of drug-likeness (QED) is 0.900. The molecule has 0 saturated heterocycles. The van der Waals surface area contributed by atoms with Crippen LogP contribution in [-0.4, -0.2) is 29.7 Å². The SMILES string of the molecule is COC1C(C)C(NC(=O)CCn2c(C)csc2=O)C12CCC2. The molecule has 1 spiro atoms. The number of carbonyl (C=O) groups excluding carboxylic acids is 1. The minimum absolute atomic E-state index is 0.0113. The Morgan fingerprint density at radius 3 is 2.77 bits per heavy atom. The lowest BCUT2D eigenvalue weighted by molar-refractivity contribution is -0.202. The molecule has 2 aliphatic carbocycles. The van der Waals surface area contributed by atoms with E-state index in [0.717, 1.165) is 18.5 Å². The smallest absolute Gasteiger partial charge is 0.307 e. The summed E-state index contributed by atoms with van der Waals surface area (Å²) in [5, 5.41) is 5.03. The molecule has 1 aromatic heterocycles. The van der Waals surface area contributed by atoms with E-state index in [2.05, 4.69) is 12.2 Å². The number of ether oxygens (including phenoxy) is 1. The molecule has 2 fully saturated rings. The number of nitrogens with one attached hydrogen (secondary N) is 1. The first-order valence-electron chi connectivity index (χ1n) is 7.96. The number of rotatable bonds is 5. The van der Waals surface area contributed by atoms with E-state index in [0.29, 0.717) is 18.9 Å². The Kier molecular flexibility index (Phi) is 4.16. The number of nitrogens with zero attached hydrogens (tertiary/aromatic N) is 1. The summed E-state index contributed by atoms with van der Waals surface area (Å²) in [4.78, 5) is 23.9. The first-order valence-corrected chi connectivity index (χ1v) is 8.84. The lowest BCUT2D eigenvalue weighted by Crippen LogP contribution is -2.72. The lowest BCUT2D eigenvalue weighted by atomic mass is 9.46. The first kappa shape index (κ1) is 15.7. The van der Waals surface area contributed by atoms with E-state index in [1.54, 1.807) is 11.7 Å². The Morgan fingerprint density at radius 1 is 1.55 bits per heavy atom. The lowest BCUT2D eigenvalue weighted by Gasteiger charge is -2.64. The molecule has 1 N–H and O–H groups in total. The maximum atomic E-state index is 12.3. The Bertz CT molecular complexity index is 617. The van der Waals surface area contributed by atoms with Crippen molar-refractivity contribution < 1.29 is 9.53 Å². The van der Waals surface area contributed by atoms with Gasteiger partial charge >= 0.3 is 4.87 Å². The van der Waals surface area contributed by atoms with Crippen LogP contribution in [0.3, 0.4) is 0 Å². The van der Waals surface area contributed by atoms with E-state index in [1.165, 1.54) is 17.8 Å². The molecule has 3 atom stereocenters. The zero-order valence-corrected chi connectivity index (χ0v) is 14.2. The second-order valence-corrected chi connectivity index (χ2v) is 7.51. The highest BCUT2D eigenvalue weighted by Gasteiger charge is 2.63. The number of aryl methyl sites for hydroxylation is 1. The predicted molar refractivity (Wildman–Crippen MR) is 86.1 cm³/mol. The summed E-state index contributed by atoms with van der Waals surface area (Å²) < 4.78 is 7.30. The molecule has 1 heterocycles. The van der Waals surface area contributed by atoms with Gasteiger partial charge in [-0.3, -0.25) is 9.59 Å². The predicted octanol–water partition coefficient (Wildman–Crippen LogP) is 1.93. The average Bonchev–Trinajstić information content (AvgIpc) is 2.76. The summed E-state index contributed by atoms with van der Waals surface area (Å²) in [6.45, 7) is 4.51. The van der Waals surface area contributed by atoms with E-state index in [9.17, 15) is 9.59 Å².